The van der Waals surface area contributed by atoms with Crippen LogP contribution in [0.2, 0.25) is 0 Å². The van der Waals surface area contributed by atoms with Crippen molar-refractivity contribution < 1.29 is 30.9 Å². The minimum absolute atomic E-state index is 0.216. The molecule has 2 fully saturated rings. The molecule has 0 atom stereocenters. The maximum Gasteiger partial charge on any atom is 0.495 e. The van der Waals surface area contributed by atoms with Gasteiger partial charge >= 0.3 is 13.3 Å². The Morgan fingerprint density at radius 2 is 1.67 bits per heavy atom. The molecular weight excluding hydrogens is 382 g/mol. The van der Waals surface area contributed by atoms with Crippen LogP contribution in [0.1, 0.15) is 52.5 Å². The molecule has 1 heterocycles. The summed E-state index contributed by atoms with van der Waals surface area (Å²) in [5, 5.41) is 0. The SMILES string of the molecule is CC1(C)OB(c2ccc(S(=O)(=O)NC3CCC3)cc2C(F)(F)F)OC1(C)C. The van der Waals surface area contributed by atoms with Crippen LogP contribution >= 0.6 is 0 Å². The smallest absolute Gasteiger partial charge is 0.399 e. The molecule has 5 nitrogen and oxygen atoms in total. The van der Waals surface area contributed by atoms with Gasteiger partial charge in [-0.3, -0.25) is 0 Å². The summed E-state index contributed by atoms with van der Waals surface area (Å²) in [7, 11) is -5.25. The van der Waals surface area contributed by atoms with E-state index in [0.29, 0.717) is 18.9 Å². The fourth-order valence-corrected chi connectivity index (χ4v) is 4.27. The predicted molar refractivity (Wildman–Crippen MR) is 95.1 cm³/mol. The van der Waals surface area contributed by atoms with Gasteiger partial charge in [0.25, 0.3) is 0 Å². The first-order valence-electron chi connectivity index (χ1n) is 8.82. The van der Waals surface area contributed by atoms with Crippen LogP contribution in [0, 0.1) is 0 Å². The van der Waals surface area contributed by atoms with E-state index in [1.54, 1.807) is 27.7 Å². The molecule has 0 aromatic heterocycles. The van der Waals surface area contributed by atoms with Gasteiger partial charge in [-0.25, -0.2) is 13.1 Å². The summed E-state index contributed by atoms with van der Waals surface area (Å²) >= 11 is 0. The summed E-state index contributed by atoms with van der Waals surface area (Å²) in [6, 6.07) is 2.73. The second kappa shape index (κ2) is 6.47. The predicted octanol–water partition coefficient (Wildman–Crippen LogP) is 2.84. The number of rotatable bonds is 4. The molecule has 0 amide bonds. The van der Waals surface area contributed by atoms with Crippen LogP contribution in [0.4, 0.5) is 13.2 Å². The molecule has 1 saturated heterocycles. The maximum atomic E-state index is 13.7. The van der Waals surface area contributed by atoms with Gasteiger partial charge in [0.2, 0.25) is 10.0 Å². The molecule has 0 unspecified atom stereocenters. The Balaban J connectivity index is 1.99. The first-order chi connectivity index (χ1) is 12.2. The van der Waals surface area contributed by atoms with Crippen LogP contribution in [0.3, 0.4) is 0 Å². The summed E-state index contributed by atoms with van der Waals surface area (Å²) in [6.45, 7) is 6.95. The van der Waals surface area contributed by atoms with Crippen molar-refractivity contribution in [2.24, 2.45) is 0 Å². The third kappa shape index (κ3) is 3.90. The van der Waals surface area contributed by atoms with E-state index in [0.717, 1.165) is 18.6 Å². The van der Waals surface area contributed by atoms with Crippen LogP contribution in [-0.2, 0) is 25.5 Å². The highest BCUT2D eigenvalue weighted by atomic mass is 32.2. The molecule has 1 N–H and O–H groups in total. The molecule has 1 aromatic rings. The van der Waals surface area contributed by atoms with Crippen LogP contribution in [-0.4, -0.2) is 32.8 Å². The molecule has 1 aromatic carbocycles. The lowest BCUT2D eigenvalue weighted by Crippen LogP contribution is -2.41. The van der Waals surface area contributed by atoms with E-state index >= 15 is 0 Å². The van der Waals surface area contributed by atoms with Crippen LogP contribution in [0.5, 0.6) is 0 Å². The molecule has 1 aliphatic heterocycles. The maximum absolute atomic E-state index is 13.7. The van der Waals surface area contributed by atoms with Gasteiger partial charge in [0.05, 0.1) is 21.7 Å². The average molecular weight is 405 g/mol. The Morgan fingerprint density at radius 3 is 2.11 bits per heavy atom. The number of hydrogen-bond donors (Lipinski definition) is 1. The van der Waals surface area contributed by atoms with Gasteiger partial charge in [-0.05, 0) is 58.1 Å². The van der Waals surface area contributed by atoms with Gasteiger partial charge in [-0.2, -0.15) is 13.2 Å². The molecule has 0 radical (unpaired) electrons. The second-order valence-electron chi connectivity index (χ2n) is 8.08. The minimum Gasteiger partial charge on any atom is -0.399 e. The molecule has 1 saturated carbocycles. The Kier molecular flexibility index (Phi) is 4.94. The number of hydrogen-bond acceptors (Lipinski definition) is 4. The topological polar surface area (TPSA) is 64.6 Å². The lowest BCUT2D eigenvalue weighted by atomic mass is 9.76. The lowest BCUT2D eigenvalue weighted by Gasteiger charge is -2.32. The largest absolute Gasteiger partial charge is 0.495 e. The van der Waals surface area contributed by atoms with Gasteiger partial charge in [-0.15, -0.1) is 0 Å². The number of sulfonamides is 1. The van der Waals surface area contributed by atoms with E-state index in [-0.39, 0.29) is 11.5 Å². The average Bonchev–Trinajstić information content (AvgIpc) is 2.70. The highest BCUT2D eigenvalue weighted by molar-refractivity contribution is 7.89. The van der Waals surface area contributed by atoms with Gasteiger partial charge in [0.15, 0.2) is 0 Å². The molecule has 0 spiro atoms. The fourth-order valence-electron chi connectivity index (χ4n) is 2.94. The quantitative estimate of drug-likeness (QED) is 0.783. The fraction of sp³-hybridized carbons (Fsp3) is 0.647. The normalized spacial score (nSPS) is 22.7. The first kappa shape index (κ1) is 20.6. The summed E-state index contributed by atoms with van der Waals surface area (Å²) in [4.78, 5) is -0.415. The molecule has 10 heteroatoms. The summed E-state index contributed by atoms with van der Waals surface area (Å²) in [5.41, 5.74) is -2.92. The van der Waals surface area contributed by atoms with E-state index in [4.69, 9.17) is 9.31 Å². The van der Waals surface area contributed by atoms with Crippen molar-refractivity contribution in [2.75, 3.05) is 0 Å². The highest BCUT2D eigenvalue weighted by Crippen LogP contribution is 2.38. The first-order valence-corrected chi connectivity index (χ1v) is 10.3. The minimum atomic E-state index is -4.75. The van der Waals surface area contributed by atoms with Crippen molar-refractivity contribution in [1.29, 1.82) is 0 Å². The molecule has 1 aliphatic carbocycles. The monoisotopic (exact) mass is 405 g/mol. The molecule has 27 heavy (non-hydrogen) atoms. The zero-order valence-electron chi connectivity index (χ0n) is 15.7. The summed E-state index contributed by atoms with van der Waals surface area (Å²) < 4.78 is 79.7. The zero-order valence-corrected chi connectivity index (χ0v) is 16.5. The van der Waals surface area contributed by atoms with E-state index in [9.17, 15) is 21.6 Å². The number of nitrogens with one attached hydrogen (secondary N) is 1. The molecule has 150 valence electrons. The van der Waals surface area contributed by atoms with Crippen molar-refractivity contribution in [3.8, 4) is 0 Å². The Morgan fingerprint density at radius 1 is 1.11 bits per heavy atom. The second-order valence-corrected chi connectivity index (χ2v) is 9.80. The highest BCUT2D eigenvalue weighted by Gasteiger charge is 2.53. The van der Waals surface area contributed by atoms with E-state index in [1.807, 2.05) is 0 Å². The van der Waals surface area contributed by atoms with Crippen molar-refractivity contribution in [3.05, 3.63) is 23.8 Å². The zero-order chi connectivity index (χ0) is 20.3. The van der Waals surface area contributed by atoms with E-state index in [2.05, 4.69) is 4.72 Å². The Bertz CT molecular complexity index is 819. The summed E-state index contributed by atoms with van der Waals surface area (Å²) in [6.07, 6.45) is -2.46. The van der Waals surface area contributed by atoms with Crippen LogP contribution in [0.25, 0.3) is 0 Å². The molecule has 3 rings (SSSR count). The van der Waals surface area contributed by atoms with Crippen molar-refractivity contribution in [2.45, 2.75) is 75.3 Å². The van der Waals surface area contributed by atoms with Crippen molar-refractivity contribution >= 4 is 22.6 Å². The number of benzene rings is 1. The molecule has 0 bridgehead atoms. The van der Waals surface area contributed by atoms with Gasteiger partial charge in [0, 0.05) is 6.04 Å². The summed E-state index contributed by atoms with van der Waals surface area (Å²) in [5.74, 6) is 0. The lowest BCUT2D eigenvalue weighted by molar-refractivity contribution is -0.137. The number of alkyl halides is 3. The molecule has 2 aliphatic rings. The molecular formula is C17H23BF3NO4S. The number of halogens is 3. The van der Waals surface area contributed by atoms with Crippen LogP contribution < -0.4 is 10.2 Å². The third-order valence-electron chi connectivity index (χ3n) is 5.57. The van der Waals surface area contributed by atoms with Crippen LogP contribution in [0.15, 0.2) is 23.1 Å². The standard InChI is InChI=1S/C17H23BF3NO4S/c1-15(2)16(3,4)26-18(25-15)14-9-8-12(10-13(14)17(19,20)21)27(23,24)22-11-6-5-7-11/h8-11,22H,5-7H2,1-4H3. The van der Waals surface area contributed by atoms with Crippen molar-refractivity contribution in [1.82, 2.24) is 4.72 Å². The third-order valence-corrected chi connectivity index (χ3v) is 7.09. The van der Waals surface area contributed by atoms with Gasteiger partial charge < -0.3 is 9.31 Å². The van der Waals surface area contributed by atoms with Gasteiger partial charge in [0.1, 0.15) is 0 Å². The van der Waals surface area contributed by atoms with E-state index < -0.39 is 45.0 Å². The Hall–Kier alpha value is -1.10. The van der Waals surface area contributed by atoms with E-state index in [1.165, 1.54) is 0 Å². The van der Waals surface area contributed by atoms with Gasteiger partial charge in [-0.1, -0.05) is 12.5 Å². The Labute approximate surface area is 157 Å². The van der Waals surface area contributed by atoms with Crippen molar-refractivity contribution in [3.63, 3.8) is 0 Å².